The van der Waals surface area contributed by atoms with Gasteiger partial charge in [-0.2, -0.15) is 0 Å². The number of aliphatic hydroxyl groups excluding tert-OH is 2. The highest BCUT2D eigenvalue weighted by atomic mass is 16.4. The Morgan fingerprint density at radius 3 is 2.38 bits per heavy atom. The van der Waals surface area contributed by atoms with E-state index in [0.717, 1.165) is 44.9 Å². The van der Waals surface area contributed by atoms with Gasteiger partial charge in [0.25, 0.3) is 0 Å². The Kier molecular flexibility index (Phi) is 3.49. The van der Waals surface area contributed by atoms with Crippen LogP contribution in [-0.4, -0.2) is 34.0 Å². The molecule has 2 bridgehead atoms. The second kappa shape index (κ2) is 4.97. The Morgan fingerprint density at radius 2 is 1.71 bits per heavy atom. The van der Waals surface area contributed by atoms with E-state index in [9.17, 15) is 20.1 Å². The normalized spacial score (nSPS) is 56.4. The maximum absolute atomic E-state index is 12.1. The lowest BCUT2D eigenvalue weighted by Gasteiger charge is -2.65. The molecule has 4 nitrogen and oxygen atoms in total. The highest BCUT2D eigenvalue weighted by Gasteiger charge is 2.68. The molecule has 0 aliphatic heterocycles. The van der Waals surface area contributed by atoms with Crippen LogP contribution in [-0.2, 0) is 4.79 Å². The number of rotatable bonds is 2. The zero-order valence-electron chi connectivity index (χ0n) is 15.1. The third-order valence-corrected chi connectivity index (χ3v) is 9.26. The van der Waals surface area contributed by atoms with E-state index in [1.54, 1.807) is 0 Å². The van der Waals surface area contributed by atoms with Crippen molar-refractivity contribution in [3.05, 3.63) is 0 Å². The average Bonchev–Trinajstić information content (AvgIpc) is 2.83. The summed E-state index contributed by atoms with van der Waals surface area (Å²) in [5, 5.41) is 30.9. The highest BCUT2D eigenvalue weighted by molar-refractivity contribution is 5.75. The largest absolute Gasteiger partial charge is 0.481 e. The summed E-state index contributed by atoms with van der Waals surface area (Å²) >= 11 is 0. The molecule has 1 spiro atoms. The van der Waals surface area contributed by atoms with E-state index in [1.165, 1.54) is 0 Å². The van der Waals surface area contributed by atoms with Crippen molar-refractivity contribution in [2.75, 3.05) is 6.61 Å². The van der Waals surface area contributed by atoms with E-state index >= 15 is 0 Å². The smallest absolute Gasteiger partial charge is 0.309 e. The van der Waals surface area contributed by atoms with Gasteiger partial charge in [-0.05, 0) is 87.4 Å². The molecule has 4 saturated carbocycles. The van der Waals surface area contributed by atoms with Gasteiger partial charge in [0.15, 0.2) is 0 Å². The SMILES string of the molecule is C[C@]12[C@@H]3CC[C@]4(CO)CC[C@@]3(CC[C@@H]1[C@](C)(C(=O)O)CC[C@@H]2O)C4. The Balaban J connectivity index is 1.76. The van der Waals surface area contributed by atoms with E-state index in [2.05, 4.69) is 6.92 Å². The lowest BCUT2D eigenvalue weighted by Crippen LogP contribution is -2.63. The van der Waals surface area contributed by atoms with Crippen LogP contribution in [0.2, 0.25) is 0 Å². The fourth-order valence-electron chi connectivity index (χ4n) is 7.91. The zero-order valence-corrected chi connectivity index (χ0v) is 15.1. The molecule has 7 atom stereocenters. The maximum Gasteiger partial charge on any atom is 0.309 e. The van der Waals surface area contributed by atoms with Crippen molar-refractivity contribution in [1.82, 2.24) is 0 Å². The van der Waals surface area contributed by atoms with Crippen LogP contribution in [0.25, 0.3) is 0 Å². The molecule has 0 radical (unpaired) electrons. The van der Waals surface area contributed by atoms with Crippen LogP contribution in [0.5, 0.6) is 0 Å². The van der Waals surface area contributed by atoms with Crippen molar-refractivity contribution in [3.8, 4) is 0 Å². The summed E-state index contributed by atoms with van der Waals surface area (Å²) in [7, 11) is 0. The Labute approximate surface area is 144 Å². The van der Waals surface area contributed by atoms with Crippen molar-refractivity contribution in [2.24, 2.45) is 33.5 Å². The topological polar surface area (TPSA) is 77.8 Å². The molecular formula is C20H32O4. The van der Waals surface area contributed by atoms with Gasteiger partial charge >= 0.3 is 5.97 Å². The van der Waals surface area contributed by atoms with Gasteiger partial charge < -0.3 is 15.3 Å². The molecule has 0 saturated heterocycles. The number of hydrogen-bond acceptors (Lipinski definition) is 3. The van der Waals surface area contributed by atoms with Crippen molar-refractivity contribution in [1.29, 1.82) is 0 Å². The Hall–Kier alpha value is -0.610. The van der Waals surface area contributed by atoms with Crippen LogP contribution in [0.3, 0.4) is 0 Å². The van der Waals surface area contributed by atoms with Crippen LogP contribution >= 0.6 is 0 Å². The van der Waals surface area contributed by atoms with Crippen LogP contribution < -0.4 is 0 Å². The summed E-state index contributed by atoms with van der Waals surface area (Å²) in [6.07, 6.45) is 8.21. The van der Waals surface area contributed by atoms with Crippen LogP contribution in [0, 0.1) is 33.5 Å². The van der Waals surface area contributed by atoms with Crippen LogP contribution in [0.15, 0.2) is 0 Å². The minimum Gasteiger partial charge on any atom is -0.481 e. The highest BCUT2D eigenvalue weighted by Crippen LogP contribution is 2.73. The van der Waals surface area contributed by atoms with Gasteiger partial charge in [0.2, 0.25) is 0 Å². The predicted molar refractivity (Wildman–Crippen MR) is 90.3 cm³/mol. The van der Waals surface area contributed by atoms with E-state index in [0.29, 0.717) is 18.8 Å². The van der Waals surface area contributed by atoms with Gasteiger partial charge in [0.05, 0.1) is 11.5 Å². The van der Waals surface area contributed by atoms with Crippen molar-refractivity contribution < 1.29 is 20.1 Å². The Morgan fingerprint density at radius 1 is 1.00 bits per heavy atom. The molecule has 4 fully saturated rings. The van der Waals surface area contributed by atoms with E-state index in [-0.39, 0.29) is 34.9 Å². The fourth-order valence-corrected chi connectivity index (χ4v) is 7.91. The number of aliphatic hydroxyl groups is 2. The molecule has 4 aliphatic rings. The van der Waals surface area contributed by atoms with Crippen molar-refractivity contribution >= 4 is 5.97 Å². The standard InChI is InChI=1S/C20H32O4/c1-17(16(23)24)6-5-15(22)18(2)13(17)4-8-20-10-9-19(11-20,12-21)7-3-14(18)20/h13-15,21-22H,3-12H2,1-2H3,(H,23,24)/t13-,14+,15+,17-,18-,19+,20+/m1/s1. The second-order valence-electron chi connectivity index (χ2n) is 10.0. The molecule has 0 unspecified atom stereocenters. The summed E-state index contributed by atoms with van der Waals surface area (Å²) in [6.45, 7) is 4.40. The number of carbonyl (C=O) groups is 1. The summed E-state index contributed by atoms with van der Waals surface area (Å²) in [5.41, 5.74) is -0.672. The minimum atomic E-state index is -0.709. The molecule has 3 N–H and O–H groups in total. The van der Waals surface area contributed by atoms with E-state index in [4.69, 9.17) is 0 Å². The molecule has 0 aromatic heterocycles. The second-order valence-corrected chi connectivity index (χ2v) is 10.0. The molecule has 0 amide bonds. The molecule has 0 heterocycles. The maximum atomic E-state index is 12.1. The first kappa shape index (κ1) is 16.8. The molecule has 0 aromatic carbocycles. The van der Waals surface area contributed by atoms with Gasteiger partial charge in [-0.25, -0.2) is 0 Å². The quantitative estimate of drug-likeness (QED) is 0.723. The summed E-state index contributed by atoms with van der Waals surface area (Å²) in [6, 6.07) is 0. The molecule has 0 aromatic rings. The van der Waals surface area contributed by atoms with Crippen molar-refractivity contribution in [3.63, 3.8) is 0 Å². The van der Waals surface area contributed by atoms with Gasteiger partial charge in [-0.1, -0.05) is 6.92 Å². The predicted octanol–water partition coefficient (Wildman–Crippen LogP) is 3.21. The monoisotopic (exact) mass is 336 g/mol. The Bertz CT molecular complexity index is 562. The lowest BCUT2D eigenvalue weighted by molar-refractivity contribution is -0.215. The van der Waals surface area contributed by atoms with Gasteiger partial charge in [0, 0.05) is 12.0 Å². The third kappa shape index (κ3) is 1.85. The molecular weight excluding hydrogens is 304 g/mol. The molecule has 4 aliphatic carbocycles. The summed E-state index contributed by atoms with van der Waals surface area (Å²) < 4.78 is 0. The first-order valence-corrected chi connectivity index (χ1v) is 9.75. The summed E-state index contributed by atoms with van der Waals surface area (Å²) in [4.78, 5) is 12.1. The first-order chi connectivity index (χ1) is 11.2. The van der Waals surface area contributed by atoms with Gasteiger partial charge in [-0.15, -0.1) is 0 Å². The fraction of sp³-hybridized carbons (Fsp3) is 0.950. The van der Waals surface area contributed by atoms with E-state index < -0.39 is 11.4 Å². The number of aliphatic carboxylic acids is 1. The van der Waals surface area contributed by atoms with Crippen molar-refractivity contribution in [2.45, 2.75) is 77.7 Å². The van der Waals surface area contributed by atoms with Gasteiger partial charge in [0.1, 0.15) is 0 Å². The minimum absolute atomic E-state index is 0.0594. The zero-order chi connectivity index (χ0) is 17.4. The lowest BCUT2D eigenvalue weighted by atomic mass is 9.39. The summed E-state index contributed by atoms with van der Waals surface area (Å²) in [5.74, 6) is -0.225. The first-order valence-electron chi connectivity index (χ1n) is 9.75. The van der Waals surface area contributed by atoms with Crippen LogP contribution in [0.1, 0.15) is 71.6 Å². The average molecular weight is 336 g/mol. The number of carboxylic acid groups (broad SMARTS) is 1. The molecule has 4 rings (SSSR count). The molecule has 4 heteroatoms. The third-order valence-electron chi connectivity index (χ3n) is 9.26. The molecule has 136 valence electrons. The molecule has 24 heavy (non-hydrogen) atoms. The number of fused-ring (bicyclic) bond motifs is 3. The number of carboxylic acids is 1. The van der Waals surface area contributed by atoms with Crippen LogP contribution in [0.4, 0.5) is 0 Å². The number of hydrogen-bond donors (Lipinski definition) is 3. The van der Waals surface area contributed by atoms with Gasteiger partial charge in [-0.3, -0.25) is 4.79 Å². The van der Waals surface area contributed by atoms with E-state index in [1.807, 2.05) is 6.92 Å².